The second kappa shape index (κ2) is 7.95. The summed E-state index contributed by atoms with van der Waals surface area (Å²) >= 11 is 1.21. The molecular weight excluding hydrogens is 444 g/mol. The Morgan fingerprint density at radius 2 is 2.12 bits per heavy atom. The van der Waals surface area contributed by atoms with Crippen LogP contribution in [0.2, 0.25) is 0 Å². The molecule has 12 heteroatoms. The van der Waals surface area contributed by atoms with E-state index < -0.39 is 29.8 Å². The number of benzene rings is 1. The highest BCUT2D eigenvalue weighted by Gasteiger charge is 2.23. The van der Waals surface area contributed by atoms with Crippen molar-refractivity contribution in [1.29, 1.82) is 0 Å². The minimum atomic E-state index is -0.939. The summed E-state index contributed by atoms with van der Waals surface area (Å²) in [7, 11) is 0. The van der Waals surface area contributed by atoms with Crippen LogP contribution in [0.15, 0.2) is 39.2 Å². The molecule has 0 spiro atoms. The van der Waals surface area contributed by atoms with Gasteiger partial charge in [0, 0.05) is 12.7 Å². The molecule has 1 N–H and O–H groups in total. The van der Waals surface area contributed by atoms with Crippen molar-refractivity contribution in [2.24, 2.45) is 0 Å². The van der Waals surface area contributed by atoms with Crippen molar-refractivity contribution in [3.63, 3.8) is 0 Å². The van der Waals surface area contributed by atoms with Crippen LogP contribution in [0, 0.1) is 11.6 Å². The normalized spacial score (nSPS) is 16.2. The molecule has 1 fully saturated rings. The van der Waals surface area contributed by atoms with Crippen LogP contribution in [-0.4, -0.2) is 37.4 Å². The summed E-state index contributed by atoms with van der Waals surface area (Å²) in [5.41, 5.74) is -0.712. The fourth-order valence-corrected chi connectivity index (χ4v) is 4.63. The first-order valence-corrected chi connectivity index (χ1v) is 10.8. The van der Waals surface area contributed by atoms with E-state index in [4.69, 9.17) is 4.74 Å². The van der Waals surface area contributed by atoms with E-state index >= 15 is 0 Å². The number of amides is 1. The van der Waals surface area contributed by atoms with Gasteiger partial charge in [-0.1, -0.05) is 0 Å². The Hall–Kier alpha value is -3.38. The monoisotopic (exact) mass is 461 g/mol. The van der Waals surface area contributed by atoms with Gasteiger partial charge >= 0.3 is 5.69 Å². The SMILES string of the molecule is O=C(Cn1nc2n(C[C@@H]3CCCO3)c(=O)c3sccc3n2c1=O)Nc1ccc(F)cc1F. The molecule has 1 aromatic carbocycles. The standard InChI is InChI=1S/C20H17F2N5O4S/c21-11-3-4-14(13(22)8-11)23-16(28)10-26-20(30)27-15-5-7-32-17(15)18(29)25(19(27)24-26)9-12-2-1-6-31-12/h3-5,7-8,12H,1-2,6,9-10H2,(H,23,28)/t12-/m0/s1. The maximum atomic E-state index is 13.8. The van der Waals surface area contributed by atoms with Gasteiger partial charge in [0.2, 0.25) is 11.7 Å². The van der Waals surface area contributed by atoms with Crippen molar-refractivity contribution in [3.05, 3.63) is 62.1 Å². The number of thiophene rings is 1. The van der Waals surface area contributed by atoms with Gasteiger partial charge in [-0.2, -0.15) is 0 Å². The summed E-state index contributed by atoms with van der Waals surface area (Å²) in [6, 6.07) is 4.38. The topological polar surface area (TPSA) is 99.6 Å². The maximum absolute atomic E-state index is 13.8. The zero-order valence-corrected chi connectivity index (χ0v) is 17.4. The fraction of sp³-hybridized carbons (Fsp3) is 0.300. The van der Waals surface area contributed by atoms with E-state index in [0.717, 1.165) is 29.7 Å². The van der Waals surface area contributed by atoms with Crippen molar-refractivity contribution in [1.82, 2.24) is 18.7 Å². The number of aromatic nitrogens is 4. The molecular formula is C20H17F2N5O4S. The van der Waals surface area contributed by atoms with E-state index in [1.807, 2.05) is 0 Å². The average Bonchev–Trinajstić information content (AvgIpc) is 3.49. The Morgan fingerprint density at radius 3 is 2.88 bits per heavy atom. The van der Waals surface area contributed by atoms with Crippen LogP contribution >= 0.6 is 11.3 Å². The first-order valence-electron chi connectivity index (χ1n) is 9.88. The third-order valence-corrected chi connectivity index (χ3v) is 6.19. The first-order chi connectivity index (χ1) is 15.4. The fourth-order valence-electron chi connectivity index (χ4n) is 3.81. The predicted molar refractivity (Wildman–Crippen MR) is 113 cm³/mol. The number of hydrogen-bond acceptors (Lipinski definition) is 6. The Labute approximate surface area is 182 Å². The summed E-state index contributed by atoms with van der Waals surface area (Å²) in [4.78, 5) is 38.5. The predicted octanol–water partition coefficient (Wildman–Crippen LogP) is 1.97. The van der Waals surface area contributed by atoms with Crippen LogP contribution in [0.25, 0.3) is 16.0 Å². The van der Waals surface area contributed by atoms with E-state index in [0.29, 0.717) is 22.9 Å². The molecule has 166 valence electrons. The van der Waals surface area contributed by atoms with Crippen LogP contribution in [0.5, 0.6) is 0 Å². The zero-order valence-electron chi connectivity index (χ0n) is 16.6. The molecule has 5 rings (SSSR count). The molecule has 32 heavy (non-hydrogen) atoms. The maximum Gasteiger partial charge on any atom is 0.352 e. The van der Waals surface area contributed by atoms with Gasteiger partial charge in [-0.15, -0.1) is 16.4 Å². The van der Waals surface area contributed by atoms with Gasteiger partial charge in [0.15, 0.2) is 0 Å². The van der Waals surface area contributed by atoms with Gasteiger partial charge in [0.25, 0.3) is 5.56 Å². The zero-order chi connectivity index (χ0) is 22.4. The number of nitrogens with one attached hydrogen (secondary N) is 1. The Morgan fingerprint density at radius 1 is 1.28 bits per heavy atom. The Bertz CT molecular complexity index is 1460. The molecule has 1 aliphatic heterocycles. The number of anilines is 1. The molecule has 1 saturated heterocycles. The van der Waals surface area contributed by atoms with Crippen molar-refractivity contribution in [3.8, 4) is 0 Å². The number of nitrogens with zero attached hydrogens (tertiary/aromatic N) is 4. The summed E-state index contributed by atoms with van der Waals surface area (Å²) in [5.74, 6) is -2.34. The Balaban J connectivity index is 1.54. The lowest BCUT2D eigenvalue weighted by Gasteiger charge is -2.12. The van der Waals surface area contributed by atoms with Gasteiger partial charge in [0.1, 0.15) is 22.9 Å². The third-order valence-electron chi connectivity index (χ3n) is 5.30. The first kappa shape index (κ1) is 20.5. The van der Waals surface area contributed by atoms with Crippen molar-refractivity contribution >= 4 is 38.9 Å². The van der Waals surface area contributed by atoms with E-state index in [2.05, 4.69) is 10.4 Å². The van der Waals surface area contributed by atoms with Gasteiger partial charge in [-0.25, -0.2) is 22.7 Å². The molecule has 3 aromatic heterocycles. The van der Waals surface area contributed by atoms with Gasteiger partial charge in [-0.3, -0.25) is 14.2 Å². The largest absolute Gasteiger partial charge is 0.376 e. The highest BCUT2D eigenvalue weighted by Crippen LogP contribution is 2.20. The van der Waals surface area contributed by atoms with E-state index in [-0.39, 0.29) is 29.7 Å². The number of ether oxygens (including phenoxy) is 1. The second-order valence-electron chi connectivity index (χ2n) is 7.43. The van der Waals surface area contributed by atoms with Crippen LogP contribution in [-0.2, 0) is 22.6 Å². The molecule has 0 saturated carbocycles. The van der Waals surface area contributed by atoms with Crippen LogP contribution in [0.4, 0.5) is 14.5 Å². The van der Waals surface area contributed by atoms with Crippen molar-refractivity contribution in [2.75, 3.05) is 11.9 Å². The second-order valence-corrected chi connectivity index (χ2v) is 8.35. The molecule has 1 amide bonds. The number of fused-ring (bicyclic) bond motifs is 3. The summed E-state index contributed by atoms with van der Waals surface area (Å²) in [6.45, 7) is 0.328. The average molecular weight is 461 g/mol. The molecule has 0 radical (unpaired) electrons. The molecule has 9 nitrogen and oxygen atoms in total. The smallest absolute Gasteiger partial charge is 0.352 e. The lowest BCUT2D eigenvalue weighted by molar-refractivity contribution is -0.117. The van der Waals surface area contributed by atoms with Gasteiger partial charge in [-0.05, 0) is 36.4 Å². The van der Waals surface area contributed by atoms with Crippen LogP contribution < -0.4 is 16.6 Å². The Kier molecular flexibility index (Phi) is 5.10. The lowest BCUT2D eigenvalue weighted by atomic mass is 10.2. The molecule has 4 heterocycles. The summed E-state index contributed by atoms with van der Waals surface area (Å²) in [5, 5.41) is 8.23. The summed E-state index contributed by atoms with van der Waals surface area (Å²) in [6.07, 6.45) is 1.51. The van der Waals surface area contributed by atoms with Crippen molar-refractivity contribution in [2.45, 2.75) is 32.0 Å². The van der Waals surface area contributed by atoms with Crippen LogP contribution in [0.1, 0.15) is 12.8 Å². The molecule has 0 bridgehead atoms. The van der Waals surface area contributed by atoms with Crippen LogP contribution in [0.3, 0.4) is 0 Å². The minimum Gasteiger partial charge on any atom is -0.376 e. The molecule has 1 aliphatic rings. The van der Waals surface area contributed by atoms with E-state index in [1.54, 1.807) is 11.4 Å². The molecule has 0 aliphatic carbocycles. The van der Waals surface area contributed by atoms with E-state index in [9.17, 15) is 23.2 Å². The minimum absolute atomic E-state index is 0.0992. The quantitative estimate of drug-likeness (QED) is 0.490. The number of hydrogen-bond donors (Lipinski definition) is 1. The number of carbonyl (C=O) groups is 1. The van der Waals surface area contributed by atoms with E-state index in [1.165, 1.54) is 20.3 Å². The molecule has 4 aromatic rings. The highest BCUT2D eigenvalue weighted by atomic mass is 32.1. The molecule has 0 unspecified atom stereocenters. The number of carbonyl (C=O) groups excluding carboxylic acids is 1. The number of rotatable bonds is 5. The molecule has 1 atom stereocenters. The van der Waals surface area contributed by atoms with Gasteiger partial charge in [0.05, 0.1) is 23.9 Å². The summed E-state index contributed by atoms with van der Waals surface area (Å²) < 4.78 is 36.5. The number of halogens is 2. The van der Waals surface area contributed by atoms with Gasteiger partial charge < -0.3 is 10.1 Å². The lowest BCUT2D eigenvalue weighted by Crippen LogP contribution is -2.30. The highest BCUT2D eigenvalue weighted by molar-refractivity contribution is 7.17. The third kappa shape index (κ3) is 3.50. The van der Waals surface area contributed by atoms with Crippen molar-refractivity contribution < 1.29 is 18.3 Å².